The molecular weight excluding hydrogens is 435 g/mol. The van der Waals surface area contributed by atoms with Crippen LogP contribution in [-0.2, 0) is 17.8 Å². The molecule has 34 heavy (non-hydrogen) atoms. The quantitative estimate of drug-likeness (QED) is 0.532. The Bertz CT molecular complexity index is 1150. The van der Waals surface area contributed by atoms with Gasteiger partial charge in [0.2, 0.25) is 5.91 Å². The second-order valence-corrected chi connectivity index (χ2v) is 8.99. The molecule has 9 heteroatoms. The molecule has 0 unspecified atom stereocenters. The Labute approximate surface area is 199 Å². The van der Waals surface area contributed by atoms with E-state index in [2.05, 4.69) is 33.8 Å². The number of aromatic nitrogens is 4. The molecule has 1 saturated heterocycles. The number of aryl methyl sites for hydroxylation is 1. The Morgan fingerprint density at radius 1 is 1.15 bits per heavy atom. The minimum absolute atomic E-state index is 0.00925. The van der Waals surface area contributed by atoms with Gasteiger partial charge >= 0.3 is 0 Å². The van der Waals surface area contributed by atoms with Crippen LogP contribution in [-0.4, -0.2) is 63.8 Å². The van der Waals surface area contributed by atoms with Crippen LogP contribution in [0.5, 0.6) is 5.75 Å². The number of ether oxygens (including phenoxy) is 1. The molecule has 2 aromatic heterocycles. The van der Waals surface area contributed by atoms with Crippen LogP contribution in [0, 0.1) is 18.7 Å². The summed E-state index contributed by atoms with van der Waals surface area (Å²) in [6.45, 7) is 8.67. The number of rotatable bonds is 7. The Morgan fingerprint density at radius 3 is 2.59 bits per heavy atom. The molecule has 0 atom stereocenters. The van der Waals surface area contributed by atoms with E-state index >= 15 is 0 Å². The first-order valence-electron chi connectivity index (χ1n) is 11.6. The zero-order valence-corrected chi connectivity index (χ0v) is 20.2. The molecule has 1 aliphatic heterocycles. The number of carbonyl (C=O) groups is 1. The molecular formula is C25H31FN6O2. The molecule has 3 aromatic rings. The maximum atomic E-state index is 13.7. The Hall–Kier alpha value is -3.49. The predicted octanol–water partition coefficient (Wildman–Crippen LogP) is 3.34. The van der Waals surface area contributed by atoms with Crippen LogP contribution in [0.15, 0.2) is 36.5 Å². The first kappa shape index (κ1) is 23.7. The summed E-state index contributed by atoms with van der Waals surface area (Å²) < 4.78 is 20.7. The fourth-order valence-corrected chi connectivity index (χ4v) is 4.04. The second kappa shape index (κ2) is 10.2. The fourth-order valence-electron chi connectivity index (χ4n) is 4.04. The van der Waals surface area contributed by atoms with Crippen molar-refractivity contribution in [1.29, 1.82) is 0 Å². The van der Waals surface area contributed by atoms with Crippen molar-refractivity contribution in [1.82, 2.24) is 24.6 Å². The van der Waals surface area contributed by atoms with Gasteiger partial charge in [-0.3, -0.25) is 4.79 Å². The highest BCUT2D eigenvalue weighted by molar-refractivity contribution is 5.76. The van der Waals surface area contributed by atoms with Gasteiger partial charge in [-0.25, -0.2) is 19.0 Å². The second-order valence-electron chi connectivity index (χ2n) is 8.99. The third kappa shape index (κ3) is 5.35. The molecule has 1 aliphatic rings. The molecule has 1 amide bonds. The third-order valence-corrected chi connectivity index (χ3v) is 5.95. The first-order chi connectivity index (χ1) is 16.3. The molecule has 4 rings (SSSR count). The number of halogens is 1. The standard InChI is InChI=1S/C25H31FN6O2/c1-17(2)13-23-28-25(19-5-6-21(26)18(3)14-19)29-32(23)16-24(33)31-11-9-30(10-12-31)22-15-20(34-4)7-8-27-22/h5-8,14-15,17H,9-13,16H2,1-4H3. The van der Waals surface area contributed by atoms with Gasteiger partial charge in [-0.05, 0) is 42.7 Å². The van der Waals surface area contributed by atoms with E-state index < -0.39 is 0 Å². The highest BCUT2D eigenvalue weighted by Gasteiger charge is 2.24. The van der Waals surface area contributed by atoms with E-state index in [9.17, 15) is 9.18 Å². The van der Waals surface area contributed by atoms with Crippen molar-refractivity contribution in [3.05, 3.63) is 53.7 Å². The van der Waals surface area contributed by atoms with Crippen molar-refractivity contribution in [2.24, 2.45) is 5.92 Å². The average Bonchev–Trinajstić information content (AvgIpc) is 3.22. The number of nitrogens with zero attached hydrogens (tertiary/aromatic N) is 6. The highest BCUT2D eigenvalue weighted by atomic mass is 19.1. The van der Waals surface area contributed by atoms with E-state index in [-0.39, 0.29) is 18.3 Å². The number of carbonyl (C=O) groups excluding carboxylic acids is 1. The summed E-state index contributed by atoms with van der Waals surface area (Å²) in [6, 6.07) is 8.56. The summed E-state index contributed by atoms with van der Waals surface area (Å²) in [6.07, 6.45) is 2.43. The molecule has 0 spiro atoms. The van der Waals surface area contributed by atoms with Gasteiger partial charge in [-0.1, -0.05) is 13.8 Å². The number of piperazine rings is 1. The first-order valence-corrected chi connectivity index (χ1v) is 11.6. The minimum Gasteiger partial charge on any atom is -0.497 e. The van der Waals surface area contributed by atoms with E-state index in [0.717, 1.165) is 23.0 Å². The topological polar surface area (TPSA) is 76.4 Å². The number of benzene rings is 1. The molecule has 0 bridgehead atoms. The number of methoxy groups -OCH3 is 1. The zero-order chi connectivity index (χ0) is 24.2. The maximum absolute atomic E-state index is 13.7. The lowest BCUT2D eigenvalue weighted by Gasteiger charge is -2.35. The van der Waals surface area contributed by atoms with Gasteiger partial charge < -0.3 is 14.5 Å². The van der Waals surface area contributed by atoms with Gasteiger partial charge in [-0.2, -0.15) is 5.10 Å². The van der Waals surface area contributed by atoms with Crippen LogP contribution < -0.4 is 9.64 Å². The van der Waals surface area contributed by atoms with Crippen LogP contribution in [0.4, 0.5) is 10.2 Å². The highest BCUT2D eigenvalue weighted by Crippen LogP contribution is 2.22. The molecule has 0 N–H and O–H groups in total. The van der Waals surface area contributed by atoms with E-state index in [0.29, 0.717) is 49.9 Å². The summed E-state index contributed by atoms with van der Waals surface area (Å²) in [7, 11) is 1.63. The molecule has 3 heterocycles. The SMILES string of the molecule is COc1ccnc(N2CCN(C(=O)Cn3nc(-c4ccc(F)c(C)c4)nc3CC(C)C)CC2)c1. The van der Waals surface area contributed by atoms with Gasteiger partial charge in [0.1, 0.15) is 29.8 Å². The number of anilines is 1. The fraction of sp³-hybridized carbons (Fsp3) is 0.440. The number of amides is 1. The number of hydrogen-bond acceptors (Lipinski definition) is 6. The van der Waals surface area contributed by atoms with Crippen LogP contribution in [0.25, 0.3) is 11.4 Å². The van der Waals surface area contributed by atoms with Gasteiger partial charge in [-0.15, -0.1) is 0 Å². The van der Waals surface area contributed by atoms with Crippen LogP contribution >= 0.6 is 0 Å². The summed E-state index contributed by atoms with van der Waals surface area (Å²) in [4.78, 5) is 26.3. The number of pyridine rings is 1. The van der Waals surface area contributed by atoms with Crippen molar-refractivity contribution in [3.63, 3.8) is 0 Å². The van der Waals surface area contributed by atoms with Gasteiger partial charge in [0.05, 0.1) is 7.11 Å². The molecule has 8 nitrogen and oxygen atoms in total. The van der Waals surface area contributed by atoms with E-state index in [1.54, 1.807) is 37.0 Å². The zero-order valence-electron chi connectivity index (χ0n) is 20.2. The maximum Gasteiger partial charge on any atom is 0.244 e. The average molecular weight is 467 g/mol. The summed E-state index contributed by atoms with van der Waals surface area (Å²) in [5.74, 6) is 3.00. The van der Waals surface area contributed by atoms with Crippen molar-refractivity contribution in [2.45, 2.75) is 33.7 Å². The molecule has 0 radical (unpaired) electrons. The van der Waals surface area contributed by atoms with Crippen LogP contribution in [0.1, 0.15) is 25.2 Å². The lowest BCUT2D eigenvalue weighted by molar-refractivity contribution is -0.132. The van der Waals surface area contributed by atoms with Crippen molar-refractivity contribution in [2.75, 3.05) is 38.2 Å². The monoisotopic (exact) mass is 466 g/mol. The number of hydrogen-bond donors (Lipinski definition) is 0. The molecule has 1 aromatic carbocycles. The summed E-state index contributed by atoms with van der Waals surface area (Å²) in [5.41, 5.74) is 1.29. The Kier molecular flexibility index (Phi) is 7.09. The van der Waals surface area contributed by atoms with E-state index in [1.807, 2.05) is 17.0 Å². The van der Waals surface area contributed by atoms with Gasteiger partial charge in [0.25, 0.3) is 0 Å². The molecule has 0 saturated carbocycles. The predicted molar refractivity (Wildman–Crippen MR) is 128 cm³/mol. The van der Waals surface area contributed by atoms with Gasteiger partial charge in [0, 0.05) is 50.4 Å². The Morgan fingerprint density at radius 2 is 1.91 bits per heavy atom. The lowest BCUT2D eigenvalue weighted by atomic mass is 10.1. The summed E-state index contributed by atoms with van der Waals surface area (Å²) >= 11 is 0. The molecule has 1 fully saturated rings. The largest absolute Gasteiger partial charge is 0.497 e. The minimum atomic E-state index is -0.260. The lowest BCUT2D eigenvalue weighted by Crippen LogP contribution is -2.50. The van der Waals surface area contributed by atoms with E-state index in [1.165, 1.54) is 6.07 Å². The van der Waals surface area contributed by atoms with Crippen LogP contribution in [0.3, 0.4) is 0 Å². The van der Waals surface area contributed by atoms with Crippen LogP contribution in [0.2, 0.25) is 0 Å². The summed E-state index contributed by atoms with van der Waals surface area (Å²) in [5, 5.41) is 4.62. The normalized spacial score (nSPS) is 14.1. The van der Waals surface area contributed by atoms with Crippen molar-refractivity contribution < 1.29 is 13.9 Å². The smallest absolute Gasteiger partial charge is 0.244 e. The van der Waals surface area contributed by atoms with Crippen molar-refractivity contribution in [3.8, 4) is 17.1 Å². The third-order valence-electron chi connectivity index (χ3n) is 5.95. The van der Waals surface area contributed by atoms with Gasteiger partial charge in [0.15, 0.2) is 5.82 Å². The Balaban J connectivity index is 1.45. The molecule has 0 aliphatic carbocycles. The van der Waals surface area contributed by atoms with Crippen molar-refractivity contribution >= 4 is 11.7 Å². The van der Waals surface area contributed by atoms with E-state index in [4.69, 9.17) is 4.74 Å². The molecule has 180 valence electrons.